The van der Waals surface area contributed by atoms with E-state index in [2.05, 4.69) is 9.99 Å². The Balaban J connectivity index is 2.24. The summed E-state index contributed by atoms with van der Waals surface area (Å²) in [5.41, 5.74) is 1.34. The average Bonchev–Trinajstić information content (AvgIpc) is 2.74. The number of hydrogen-bond acceptors (Lipinski definition) is 5. The van der Waals surface area contributed by atoms with Crippen molar-refractivity contribution in [2.24, 2.45) is 0 Å². The zero-order valence-electron chi connectivity index (χ0n) is 11.0. The Kier molecular flexibility index (Phi) is 3.31. The van der Waals surface area contributed by atoms with Gasteiger partial charge in [0.25, 0.3) is 0 Å². The third kappa shape index (κ3) is 2.23. The fraction of sp³-hybridized carbons (Fsp3) is 0.417. The fourth-order valence-electron chi connectivity index (χ4n) is 2.43. The maximum Gasteiger partial charge on any atom is 0.197 e. The van der Waals surface area contributed by atoms with Crippen LogP contribution in [0.1, 0.15) is 0 Å². The molecule has 1 aliphatic rings. The molecule has 0 spiro atoms. The van der Waals surface area contributed by atoms with Crippen LogP contribution in [-0.4, -0.2) is 50.6 Å². The molecule has 0 atom stereocenters. The van der Waals surface area contributed by atoms with Crippen molar-refractivity contribution >= 4 is 33.1 Å². The molecule has 0 bridgehead atoms. The maximum absolute atomic E-state index is 11.8. The van der Waals surface area contributed by atoms with Crippen LogP contribution in [0.15, 0.2) is 23.1 Å². The van der Waals surface area contributed by atoms with Gasteiger partial charge >= 0.3 is 0 Å². The molecule has 0 unspecified atom stereocenters. The number of rotatable bonds is 2. The number of sulfone groups is 1. The summed E-state index contributed by atoms with van der Waals surface area (Å²) in [6.45, 7) is 2.73. The van der Waals surface area contributed by atoms with Crippen molar-refractivity contribution in [1.29, 1.82) is 0 Å². The number of para-hydroxylation sites is 1. The monoisotopic (exact) mass is 313 g/mol. The van der Waals surface area contributed by atoms with E-state index in [4.69, 9.17) is 17.0 Å². The first-order valence-electron chi connectivity index (χ1n) is 6.25. The van der Waals surface area contributed by atoms with Gasteiger partial charge in [0.15, 0.2) is 14.6 Å². The van der Waals surface area contributed by atoms with Crippen LogP contribution in [0.4, 0.5) is 0 Å². The van der Waals surface area contributed by atoms with E-state index in [9.17, 15) is 8.42 Å². The van der Waals surface area contributed by atoms with Crippen LogP contribution in [0.25, 0.3) is 11.0 Å². The molecule has 20 heavy (non-hydrogen) atoms. The van der Waals surface area contributed by atoms with Crippen molar-refractivity contribution in [2.75, 3.05) is 37.6 Å². The number of imidazole rings is 1. The van der Waals surface area contributed by atoms with Crippen molar-refractivity contribution < 1.29 is 13.2 Å². The van der Waals surface area contributed by atoms with Crippen LogP contribution in [-0.2, 0) is 14.6 Å². The molecular formula is C12H15N3O3S2. The van der Waals surface area contributed by atoms with E-state index in [1.807, 2.05) is 10.7 Å². The lowest BCUT2D eigenvalue weighted by Gasteiger charge is -2.29. The highest BCUT2D eigenvalue weighted by Gasteiger charge is 2.19. The molecule has 1 aliphatic heterocycles. The van der Waals surface area contributed by atoms with Gasteiger partial charge in [-0.05, 0) is 24.4 Å². The second-order valence-corrected chi connectivity index (χ2v) is 7.10. The normalized spacial score (nSPS) is 16.8. The van der Waals surface area contributed by atoms with Crippen LogP contribution in [0.2, 0.25) is 0 Å². The zero-order chi connectivity index (χ0) is 14.3. The highest BCUT2D eigenvalue weighted by molar-refractivity contribution is 7.91. The highest BCUT2D eigenvalue weighted by Crippen LogP contribution is 2.23. The zero-order valence-corrected chi connectivity index (χ0v) is 12.6. The van der Waals surface area contributed by atoms with Gasteiger partial charge in [0.2, 0.25) is 0 Å². The van der Waals surface area contributed by atoms with Crippen LogP contribution in [0.3, 0.4) is 0 Å². The van der Waals surface area contributed by atoms with Gasteiger partial charge in [-0.3, -0.25) is 0 Å². The maximum atomic E-state index is 11.8. The minimum absolute atomic E-state index is 0.271. The summed E-state index contributed by atoms with van der Waals surface area (Å²) in [6, 6.07) is 5.19. The second-order valence-electron chi connectivity index (χ2n) is 4.73. The van der Waals surface area contributed by atoms with Crippen molar-refractivity contribution in [1.82, 2.24) is 9.66 Å². The predicted octanol–water partition coefficient (Wildman–Crippen LogP) is 1.07. The van der Waals surface area contributed by atoms with Gasteiger partial charge in [-0.25, -0.2) is 13.1 Å². The third-order valence-electron chi connectivity index (χ3n) is 3.33. The number of morpholine rings is 1. The first-order chi connectivity index (χ1) is 9.48. The molecule has 2 heterocycles. The summed E-state index contributed by atoms with van der Waals surface area (Å²) in [6.07, 6.45) is 1.20. The number of benzene rings is 1. The van der Waals surface area contributed by atoms with E-state index in [-0.39, 0.29) is 4.90 Å². The second kappa shape index (κ2) is 4.87. The van der Waals surface area contributed by atoms with Gasteiger partial charge in [-0.15, -0.1) is 0 Å². The van der Waals surface area contributed by atoms with Gasteiger partial charge in [-0.2, -0.15) is 0 Å². The lowest BCUT2D eigenvalue weighted by atomic mass is 10.3. The minimum atomic E-state index is -3.30. The molecule has 0 amide bonds. The summed E-state index contributed by atoms with van der Waals surface area (Å²) in [5, 5.41) is 2.07. The Labute approximate surface area is 121 Å². The average molecular weight is 313 g/mol. The molecule has 108 valence electrons. The molecule has 1 fully saturated rings. The van der Waals surface area contributed by atoms with Crippen LogP contribution < -0.4 is 5.01 Å². The fourth-order valence-corrected chi connectivity index (χ4v) is 3.60. The number of fused-ring (bicyclic) bond motifs is 1. The lowest BCUT2D eigenvalue weighted by molar-refractivity contribution is 0.111. The molecule has 1 aromatic heterocycles. The smallest absolute Gasteiger partial charge is 0.197 e. The number of aromatic nitrogens is 2. The van der Waals surface area contributed by atoms with E-state index in [1.165, 1.54) is 6.26 Å². The number of nitrogens with one attached hydrogen (secondary N) is 1. The lowest BCUT2D eigenvalue weighted by Crippen LogP contribution is -2.43. The van der Waals surface area contributed by atoms with Crippen LogP contribution in [0.5, 0.6) is 0 Å². The summed E-state index contributed by atoms with van der Waals surface area (Å²) in [7, 11) is -3.30. The van der Waals surface area contributed by atoms with Gasteiger partial charge in [0.05, 0.1) is 42.2 Å². The Morgan fingerprint density at radius 3 is 2.65 bits per heavy atom. The standard InChI is InChI=1S/C12H15N3O3S2/c1-20(16,17)10-4-2-3-9-11(10)13-12(19)15(9)14-5-7-18-8-6-14/h2-4H,5-8H2,1H3,(H,13,19). The summed E-state index contributed by atoms with van der Waals surface area (Å²) < 4.78 is 31.4. The summed E-state index contributed by atoms with van der Waals surface area (Å²) in [5.74, 6) is 0. The molecular weight excluding hydrogens is 298 g/mol. The van der Waals surface area contributed by atoms with Gasteiger partial charge < -0.3 is 14.7 Å². The van der Waals surface area contributed by atoms with Crippen molar-refractivity contribution in [3.8, 4) is 0 Å². The van der Waals surface area contributed by atoms with Crippen molar-refractivity contribution in [3.63, 3.8) is 0 Å². The number of H-pyrrole nitrogens is 1. The van der Waals surface area contributed by atoms with Gasteiger partial charge in [0, 0.05) is 6.26 Å². The Morgan fingerprint density at radius 2 is 2.00 bits per heavy atom. The first kappa shape index (κ1) is 13.6. The van der Waals surface area contributed by atoms with Gasteiger partial charge in [0.1, 0.15) is 0 Å². The molecule has 0 saturated carbocycles. The predicted molar refractivity (Wildman–Crippen MR) is 79.0 cm³/mol. The molecule has 1 saturated heterocycles. The SMILES string of the molecule is CS(=O)(=O)c1cccc2c1[nH]c(=S)n2N1CCOCC1. The van der Waals surface area contributed by atoms with Crippen LogP contribution >= 0.6 is 12.2 Å². The number of nitrogens with zero attached hydrogens (tertiary/aromatic N) is 2. The summed E-state index contributed by atoms with van der Waals surface area (Å²) in [4.78, 5) is 3.29. The number of aromatic amines is 1. The molecule has 3 rings (SSSR count). The topological polar surface area (TPSA) is 67.3 Å². The summed E-state index contributed by atoms with van der Waals surface area (Å²) >= 11 is 5.35. The number of hydrogen-bond donors (Lipinski definition) is 1. The van der Waals surface area contributed by atoms with E-state index in [0.717, 1.165) is 18.6 Å². The van der Waals surface area contributed by atoms with Gasteiger partial charge in [-0.1, -0.05) is 6.07 Å². The van der Waals surface area contributed by atoms with Crippen molar-refractivity contribution in [3.05, 3.63) is 23.0 Å². The quantitative estimate of drug-likeness (QED) is 0.840. The molecule has 0 aliphatic carbocycles. The molecule has 6 nitrogen and oxygen atoms in total. The highest BCUT2D eigenvalue weighted by atomic mass is 32.2. The minimum Gasteiger partial charge on any atom is -0.378 e. The molecule has 8 heteroatoms. The third-order valence-corrected chi connectivity index (χ3v) is 4.74. The molecule has 1 aromatic carbocycles. The van der Waals surface area contributed by atoms with E-state index >= 15 is 0 Å². The van der Waals surface area contributed by atoms with Crippen LogP contribution in [0, 0.1) is 4.77 Å². The Bertz CT molecular complexity index is 801. The Hall–Kier alpha value is -1.38. The van der Waals surface area contributed by atoms with E-state index < -0.39 is 9.84 Å². The van der Waals surface area contributed by atoms with E-state index in [0.29, 0.717) is 23.5 Å². The Morgan fingerprint density at radius 1 is 1.30 bits per heavy atom. The number of ether oxygens (including phenoxy) is 1. The van der Waals surface area contributed by atoms with E-state index in [1.54, 1.807) is 12.1 Å². The van der Waals surface area contributed by atoms with Crippen molar-refractivity contribution in [2.45, 2.75) is 4.90 Å². The molecule has 2 aromatic rings. The molecule has 1 N–H and O–H groups in total. The largest absolute Gasteiger partial charge is 0.378 e. The molecule has 0 radical (unpaired) electrons. The first-order valence-corrected chi connectivity index (χ1v) is 8.55.